The molecule has 16 heavy (non-hydrogen) atoms. The lowest BCUT2D eigenvalue weighted by atomic mass is 9.73. The van der Waals surface area contributed by atoms with E-state index < -0.39 is 0 Å². The molecule has 2 nitrogen and oxygen atoms in total. The summed E-state index contributed by atoms with van der Waals surface area (Å²) >= 11 is 0. The number of hydrogen-bond donors (Lipinski definition) is 0. The zero-order valence-corrected chi connectivity index (χ0v) is 11.8. The van der Waals surface area contributed by atoms with Crippen molar-refractivity contribution in [3.05, 3.63) is 0 Å². The molecule has 1 unspecified atom stereocenters. The summed E-state index contributed by atoms with van der Waals surface area (Å²) in [5.74, 6) is 1.61. The Balaban J connectivity index is 2.74. The van der Waals surface area contributed by atoms with Crippen LogP contribution in [-0.4, -0.2) is 38.3 Å². The molecule has 0 radical (unpaired) electrons. The molecule has 1 aliphatic carbocycles. The second-order valence-electron chi connectivity index (χ2n) is 5.56. The van der Waals surface area contributed by atoms with Crippen molar-refractivity contribution in [3.8, 4) is 0 Å². The first-order chi connectivity index (χ1) is 7.60. The van der Waals surface area contributed by atoms with Gasteiger partial charge in [-0.3, -0.25) is 0 Å². The Morgan fingerprint density at radius 2 is 1.81 bits per heavy atom. The highest BCUT2D eigenvalue weighted by Crippen LogP contribution is 2.50. The van der Waals surface area contributed by atoms with Crippen molar-refractivity contribution in [1.82, 2.24) is 4.90 Å². The van der Waals surface area contributed by atoms with Gasteiger partial charge in [0.2, 0.25) is 0 Å². The highest BCUT2D eigenvalue weighted by atomic mass is 16.5. The molecule has 1 rings (SSSR count). The molecule has 96 valence electrons. The number of rotatable bonds is 8. The molecule has 0 amide bonds. The average molecular weight is 227 g/mol. The molecule has 2 heteroatoms. The van der Waals surface area contributed by atoms with Gasteiger partial charge in [-0.1, -0.05) is 27.7 Å². The predicted octanol–water partition coefficient (Wildman–Crippen LogP) is 3.03. The van der Waals surface area contributed by atoms with Gasteiger partial charge in [-0.05, 0) is 37.8 Å². The maximum absolute atomic E-state index is 5.53. The van der Waals surface area contributed by atoms with Crippen molar-refractivity contribution in [2.45, 2.75) is 40.5 Å². The molecular weight excluding hydrogens is 198 g/mol. The summed E-state index contributed by atoms with van der Waals surface area (Å²) in [4.78, 5) is 2.55. The Hall–Kier alpha value is -0.0800. The fourth-order valence-electron chi connectivity index (χ4n) is 2.90. The van der Waals surface area contributed by atoms with Crippen LogP contribution in [0.5, 0.6) is 0 Å². The molecule has 1 fully saturated rings. The van der Waals surface area contributed by atoms with E-state index in [2.05, 4.69) is 32.6 Å². The van der Waals surface area contributed by atoms with Crippen LogP contribution in [0.2, 0.25) is 0 Å². The van der Waals surface area contributed by atoms with E-state index in [1.807, 2.05) is 7.11 Å². The molecule has 0 heterocycles. The molecule has 0 N–H and O–H groups in total. The maximum atomic E-state index is 5.53. The lowest BCUT2D eigenvalue weighted by Gasteiger charge is -2.41. The minimum absolute atomic E-state index is 0.390. The van der Waals surface area contributed by atoms with Gasteiger partial charge in [0.15, 0.2) is 0 Å². The summed E-state index contributed by atoms with van der Waals surface area (Å²) in [6, 6.07) is 0. The average Bonchev–Trinajstić information content (AvgIpc) is 3.08. The fraction of sp³-hybridized carbons (Fsp3) is 1.00. The van der Waals surface area contributed by atoms with Crippen LogP contribution in [0.3, 0.4) is 0 Å². The van der Waals surface area contributed by atoms with Gasteiger partial charge in [-0.15, -0.1) is 0 Å². The van der Waals surface area contributed by atoms with Crippen LogP contribution in [0.15, 0.2) is 0 Å². The standard InChI is InChI=1S/C14H29NO/c1-6-15(7-2)10-14(11-16-5,12(3)4)13-8-9-13/h12-13H,6-11H2,1-5H3. The van der Waals surface area contributed by atoms with Gasteiger partial charge in [-0.2, -0.15) is 0 Å². The summed E-state index contributed by atoms with van der Waals surface area (Å²) in [5.41, 5.74) is 0.390. The largest absolute Gasteiger partial charge is 0.384 e. The van der Waals surface area contributed by atoms with E-state index in [1.165, 1.54) is 19.4 Å². The summed E-state index contributed by atoms with van der Waals surface area (Å²) in [5, 5.41) is 0. The monoisotopic (exact) mass is 227 g/mol. The predicted molar refractivity (Wildman–Crippen MR) is 69.7 cm³/mol. The Labute approximate surface area is 101 Å². The maximum Gasteiger partial charge on any atom is 0.0536 e. The van der Waals surface area contributed by atoms with Crippen molar-refractivity contribution >= 4 is 0 Å². The highest BCUT2D eigenvalue weighted by Gasteiger charge is 2.47. The summed E-state index contributed by atoms with van der Waals surface area (Å²) in [7, 11) is 1.85. The molecule has 0 saturated heterocycles. The first kappa shape index (κ1) is 14.0. The van der Waals surface area contributed by atoms with Gasteiger partial charge in [-0.25, -0.2) is 0 Å². The van der Waals surface area contributed by atoms with E-state index in [1.54, 1.807) is 0 Å². The molecule has 0 aromatic carbocycles. The van der Waals surface area contributed by atoms with Crippen molar-refractivity contribution in [3.63, 3.8) is 0 Å². The number of ether oxygens (including phenoxy) is 1. The molecule has 0 aliphatic heterocycles. The minimum Gasteiger partial charge on any atom is -0.384 e. The smallest absolute Gasteiger partial charge is 0.0536 e. The van der Waals surface area contributed by atoms with Crippen LogP contribution in [0.25, 0.3) is 0 Å². The van der Waals surface area contributed by atoms with Crippen molar-refractivity contribution < 1.29 is 4.74 Å². The Morgan fingerprint density at radius 3 is 2.12 bits per heavy atom. The lowest BCUT2D eigenvalue weighted by Crippen LogP contribution is -2.45. The molecule has 1 saturated carbocycles. The third kappa shape index (κ3) is 2.98. The van der Waals surface area contributed by atoms with E-state index in [4.69, 9.17) is 4.74 Å². The van der Waals surface area contributed by atoms with Gasteiger partial charge in [0.05, 0.1) is 6.61 Å². The van der Waals surface area contributed by atoms with Crippen LogP contribution >= 0.6 is 0 Å². The number of hydrogen-bond acceptors (Lipinski definition) is 2. The molecule has 0 aromatic heterocycles. The SMILES string of the molecule is CCN(CC)CC(COC)(C(C)C)C1CC1. The van der Waals surface area contributed by atoms with Crippen molar-refractivity contribution in [2.24, 2.45) is 17.3 Å². The van der Waals surface area contributed by atoms with E-state index >= 15 is 0 Å². The zero-order valence-electron chi connectivity index (χ0n) is 11.8. The van der Waals surface area contributed by atoms with E-state index in [0.29, 0.717) is 11.3 Å². The van der Waals surface area contributed by atoms with Gasteiger partial charge >= 0.3 is 0 Å². The number of methoxy groups -OCH3 is 1. The normalized spacial score (nSPS) is 20.4. The zero-order chi connectivity index (χ0) is 12.2. The second kappa shape index (κ2) is 6.02. The fourth-order valence-corrected chi connectivity index (χ4v) is 2.90. The minimum atomic E-state index is 0.390. The van der Waals surface area contributed by atoms with Crippen LogP contribution in [0.4, 0.5) is 0 Å². The Bertz CT molecular complexity index is 193. The van der Waals surface area contributed by atoms with Gasteiger partial charge in [0, 0.05) is 19.1 Å². The van der Waals surface area contributed by atoms with Crippen LogP contribution < -0.4 is 0 Å². The van der Waals surface area contributed by atoms with Gasteiger partial charge in [0.25, 0.3) is 0 Å². The van der Waals surface area contributed by atoms with E-state index in [9.17, 15) is 0 Å². The van der Waals surface area contributed by atoms with Crippen LogP contribution in [0, 0.1) is 17.3 Å². The molecule has 1 aliphatic rings. The molecular formula is C14H29NO. The first-order valence-corrected chi connectivity index (χ1v) is 6.82. The molecule has 0 aromatic rings. The lowest BCUT2D eigenvalue weighted by molar-refractivity contribution is -0.00379. The molecule has 0 bridgehead atoms. The third-order valence-electron chi connectivity index (χ3n) is 4.37. The van der Waals surface area contributed by atoms with Crippen molar-refractivity contribution in [2.75, 3.05) is 33.4 Å². The van der Waals surface area contributed by atoms with Gasteiger partial charge < -0.3 is 9.64 Å². The summed E-state index contributed by atoms with van der Waals surface area (Å²) in [6.07, 6.45) is 2.81. The quantitative estimate of drug-likeness (QED) is 0.632. The van der Waals surface area contributed by atoms with Gasteiger partial charge in [0.1, 0.15) is 0 Å². The third-order valence-corrected chi connectivity index (χ3v) is 4.37. The first-order valence-electron chi connectivity index (χ1n) is 6.82. The Morgan fingerprint density at radius 1 is 1.25 bits per heavy atom. The Kier molecular flexibility index (Phi) is 5.26. The number of nitrogens with zero attached hydrogens (tertiary/aromatic N) is 1. The topological polar surface area (TPSA) is 12.5 Å². The molecule has 0 spiro atoms. The van der Waals surface area contributed by atoms with Crippen LogP contribution in [-0.2, 0) is 4.74 Å². The van der Waals surface area contributed by atoms with Crippen molar-refractivity contribution in [1.29, 1.82) is 0 Å². The van der Waals surface area contributed by atoms with E-state index in [0.717, 1.165) is 25.6 Å². The second-order valence-corrected chi connectivity index (χ2v) is 5.56. The summed E-state index contributed by atoms with van der Waals surface area (Å²) < 4.78 is 5.53. The summed E-state index contributed by atoms with van der Waals surface area (Å²) in [6.45, 7) is 13.7. The highest BCUT2D eigenvalue weighted by molar-refractivity contribution is 4.98. The van der Waals surface area contributed by atoms with E-state index in [-0.39, 0.29) is 0 Å². The van der Waals surface area contributed by atoms with Crippen LogP contribution in [0.1, 0.15) is 40.5 Å². The molecule has 1 atom stereocenters.